The van der Waals surface area contributed by atoms with Crippen LogP contribution in [0.3, 0.4) is 0 Å². The van der Waals surface area contributed by atoms with Crippen LogP contribution in [0, 0.1) is 0 Å². The molecule has 2 aliphatic heterocycles. The standard InChI is InChI=1S/C15H17N3O3/c16-6-10-7-18(15(20)21-10)13-3-9-4-14(19)17-12(9)5-11(13)8-1-2-8/h3,5,8,10H,1-2,4,6-7,16H2,(H,17,19). The van der Waals surface area contributed by atoms with E-state index >= 15 is 0 Å². The smallest absolute Gasteiger partial charge is 0.414 e. The molecule has 1 saturated carbocycles. The van der Waals surface area contributed by atoms with Gasteiger partial charge in [-0.1, -0.05) is 0 Å². The molecule has 1 aliphatic carbocycles. The number of amides is 2. The van der Waals surface area contributed by atoms with Crippen LogP contribution in [0.5, 0.6) is 0 Å². The van der Waals surface area contributed by atoms with Crippen molar-refractivity contribution < 1.29 is 14.3 Å². The molecule has 3 N–H and O–H groups in total. The predicted octanol–water partition coefficient (Wildman–Crippen LogP) is 1.34. The van der Waals surface area contributed by atoms with Gasteiger partial charge in [0.25, 0.3) is 0 Å². The highest BCUT2D eigenvalue weighted by Gasteiger charge is 2.37. The van der Waals surface area contributed by atoms with E-state index in [1.54, 1.807) is 4.90 Å². The third kappa shape index (κ3) is 2.06. The van der Waals surface area contributed by atoms with Crippen LogP contribution in [0.2, 0.25) is 0 Å². The molecule has 0 bridgehead atoms. The second-order valence-electron chi connectivity index (χ2n) is 5.92. The summed E-state index contributed by atoms with van der Waals surface area (Å²) in [6, 6.07) is 3.98. The summed E-state index contributed by atoms with van der Waals surface area (Å²) in [5.41, 5.74) is 9.44. The Kier molecular flexibility index (Phi) is 2.68. The molecule has 0 radical (unpaired) electrons. The van der Waals surface area contributed by atoms with Crippen LogP contribution in [0.15, 0.2) is 12.1 Å². The predicted molar refractivity (Wildman–Crippen MR) is 77.4 cm³/mol. The molecule has 110 valence electrons. The number of anilines is 2. The number of carbonyl (C=O) groups excluding carboxylic acids is 2. The fourth-order valence-corrected chi connectivity index (χ4v) is 3.07. The van der Waals surface area contributed by atoms with Gasteiger partial charge >= 0.3 is 6.09 Å². The number of hydrogen-bond donors (Lipinski definition) is 2. The molecule has 2 heterocycles. The third-order valence-electron chi connectivity index (χ3n) is 4.32. The average Bonchev–Trinajstić information content (AvgIpc) is 3.14. The topological polar surface area (TPSA) is 84.7 Å². The number of hydrogen-bond acceptors (Lipinski definition) is 4. The van der Waals surface area contributed by atoms with Crippen LogP contribution >= 0.6 is 0 Å². The van der Waals surface area contributed by atoms with Gasteiger partial charge in [0.2, 0.25) is 5.91 Å². The zero-order chi connectivity index (χ0) is 14.6. The van der Waals surface area contributed by atoms with Crippen molar-refractivity contribution in [3.8, 4) is 0 Å². The summed E-state index contributed by atoms with van der Waals surface area (Å²) in [5.74, 6) is 0.486. The number of cyclic esters (lactones) is 1. The monoisotopic (exact) mass is 287 g/mol. The van der Waals surface area contributed by atoms with E-state index in [0.717, 1.165) is 35.3 Å². The Morgan fingerprint density at radius 3 is 2.81 bits per heavy atom. The summed E-state index contributed by atoms with van der Waals surface area (Å²) >= 11 is 0. The number of fused-ring (bicyclic) bond motifs is 1. The van der Waals surface area contributed by atoms with Crippen LogP contribution in [0.25, 0.3) is 0 Å². The number of nitrogens with zero attached hydrogens (tertiary/aromatic N) is 1. The number of nitrogens with one attached hydrogen (secondary N) is 1. The minimum Gasteiger partial charge on any atom is -0.443 e. The zero-order valence-corrected chi connectivity index (χ0v) is 11.6. The van der Waals surface area contributed by atoms with Gasteiger partial charge in [-0.05, 0) is 42.0 Å². The molecule has 6 nitrogen and oxygen atoms in total. The van der Waals surface area contributed by atoms with Gasteiger partial charge in [0, 0.05) is 12.2 Å². The molecule has 1 aromatic rings. The third-order valence-corrected chi connectivity index (χ3v) is 4.32. The molecular formula is C15H17N3O3. The Labute approximate surface area is 122 Å². The molecule has 1 saturated heterocycles. The molecular weight excluding hydrogens is 270 g/mol. The summed E-state index contributed by atoms with van der Waals surface area (Å²) in [4.78, 5) is 25.3. The molecule has 21 heavy (non-hydrogen) atoms. The summed E-state index contributed by atoms with van der Waals surface area (Å²) in [6.07, 6.45) is 2.03. The minimum atomic E-state index is -0.343. The number of benzene rings is 1. The minimum absolute atomic E-state index is 0.00716. The first-order valence-electron chi connectivity index (χ1n) is 7.30. The lowest BCUT2D eigenvalue weighted by Gasteiger charge is -2.19. The molecule has 1 unspecified atom stereocenters. The number of carbonyl (C=O) groups is 2. The highest BCUT2D eigenvalue weighted by Crippen LogP contribution is 2.47. The van der Waals surface area contributed by atoms with Crippen LogP contribution in [0.1, 0.15) is 29.9 Å². The van der Waals surface area contributed by atoms with Crippen LogP contribution < -0.4 is 16.0 Å². The van der Waals surface area contributed by atoms with E-state index < -0.39 is 0 Å². The van der Waals surface area contributed by atoms with E-state index in [1.807, 2.05) is 12.1 Å². The van der Waals surface area contributed by atoms with Crippen molar-refractivity contribution in [3.63, 3.8) is 0 Å². The zero-order valence-electron chi connectivity index (χ0n) is 11.6. The second kappa shape index (κ2) is 4.46. The van der Waals surface area contributed by atoms with Crippen LogP contribution in [-0.2, 0) is 16.0 Å². The number of rotatable bonds is 3. The van der Waals surface area contributed by atoms with Crippen molar-refractivity contribution in [2.24, 2.45) is 5.73 Å². The lowest BCUT2D eigenvalue weighted by atomic mass is 10.0. The SMILES string of the molecule is NCC1CN(c2cc3c(cc2C2CC2)NC(=O)C3)C(=O)O1. The number of nitrogens with two attached hydrogens (primary N) is 1. The highest BCUT2D eigenvalue weighted by atomic mass is 16.6. The molecule has 3 aliphatic rings. The maximum atomic E-state index is 12.1. The van der Waals surface area contributed by atoms with E-state index in [4.69, 9.17) is 10.5 Å². The fourth-order valence-electron chi connectivity index (χ4n) is 3.07. The Morgan fingerprint density at radius 1 is 1.33 bits per heavy atom. The van der Waals surface area contributed by atoms with Crippen molar-refractivity contribution in [2.75, 3.05) is 23.3 Å². The van der Waals surface area contributed by atoms with Crippen molar-refractivity contribution in [1.29, 1.82) is 0 Å². The van der Waals surface area contributed by atoms with Gasteiger partial charge in [0.15, 0.2) is 0 Å². The second-order valence-corrected chi connectivity index (χ2v) is 5.92. The van der Waals surface area contributed by atoms with Crippen molar-refractivity contribution >= 4 is 23.4 Å². The van der Waals surface area contributed by atoms with E-state index in [1.165, 1.54) is 0 Å². The lowest BCUT2D eigenvalue weighted by Crippen LogP contribution is -2.28. The average molecular weight is 287 g/mol. The van der Waals surface area contributed by atoms with Crippen molar-refractivity contribution in [2.45, 2.75) is 31.3 Å². The van der Waals surface area contributed by atoms with Crippen molar-refractivity contribution in [3.05, 3.63) is 23.3 Å². The highest BCUT2D eigenvalue weighted by molar-refractivity contribution is 6.01. The van der Waals surface area contributed by atoms with Crippen LogP contribution in [0.4, 0.5) is 16.2 Å². The molecule has 2 amide bonds. The quantitative estimate of drug-likeness (QED) is 0.878. The van der Waals surface area contributed by atoms with E-state index in [-0.39, 0.29) is 18.1 Å². The first-order valence-corrected chi connectivity index (χ1v) is 7.30. The van der Waals surface area contributed by atoms with Gasteiger partial charge in [-0.3, -0.25) is 9.69 Å². The first kappa shape index (κ1) is 12.6. The molecule has 0 spiro atoms. The van der Waals surface area contributed by atoms with Gasteiger partial charge in [-0.2, -0.15) is 0 Å². The number of ether oxygens (including phenoxy) is 1. The Hall–Kier alpha value is -2.08. The molecule has 1 aromatic carbocycles. The van der Waals surface area contributed by atoms with Crippen molar-refractivity contribution in [1.82, 2.24) is 0 Å². The summed E-state index contributed by atoms with van der Waals surface area (Å²) in [5, 5.41) is 2.88. The Bertz CT molecular complexity index is 639. The Balaban J connectivity index is 1.76. The molecule has 6 heteroatoms. The van der Waals surface area contributed by atoms with Gasteiger partial charge in [-0.15, -0.1) is 0 Å². The van der Waals surface area contributed by atoms with Gasteiger partial charge in [0.05, 0.1) is 18.7 Å². The van der Waals surface area contributed by atoms with Gasteiger partial charge < -0.3 is 15.8 Å². The fraction of sp³-hybridized carbons (Fsp3) is 0.467. The van der Waals surface area contributed by atoms with E-state index in [9.17, 15) is 9.59 Å². The van der Waals surface area contributed by atoms with Gasteiger partial charge in [0.1, 0.15) is 6.10 Å². The molecule has 0 aromatic heterocycles. The lowest BCUT2D eigenvalue weighted by molar-refractivity contribution is -0.115. The Morgan fingerprint density at radius 2 is 2.14 bits per heavy atom. The van der Waals surface area contributed by atoms with E-state index in [0.29, 0.717) is 25.4 Å². The maximum absolute atomic E-state index is 12.1. The maximum Gasteiger partial charge on any atom is 0.414 e. The molecule has 2 fully saturated rings. The normalized spacial score (nSPS) is 24.0. The van der Waals surface area contributed by atoms with E-state index in [2.05, 4.69) is 5.32 Å². The molecule has 4 rings (SSSR count). The van der Waals surface area contributed by atoms with Crippen LogP contribution in [-0.4, -0.2) is 31.2 Å². The first-order chi connectivity index (χ1) is 10.2. The molecule has 1 atom stereocenters. The summed E-state index contributed by atoms with van der Waals surface area (Å²) in [6.45, 7) is 0.807. The summed E-state index contributed by atoms with van der Waals surface area (Å²) in [7, 11) is 0. The summed E-state index contributed by atoms with van der Waals surface area (Å²) < 4.78 is 5.25. The largest absolute Gasteiger partial charge is 0.443 e. The van der Waals surface area contributed by atoms with Gasteiger partial charge in [-0.25, -0.2) is 4.79 Å².